The molecule has 0 radical (unpaired) electrons. The van der Waals surface area contributed by atoms with Gasteiger partial charge in [-0.2, -0.15) is 0 Å². The first-order valence-corrected chi connectivity index (χ1v) is 6.31. The molecular formula is C14H9Cl2FO3. The van der Waals surface area contributed by atoms with Crippen molar-refractivity contribution in [2.24, 2.45) is 0 Å². The van der Waals surface area contributed by atoms with Gasteiger partial charge >= 0.3 is 5.97 Å². The summed E-state index contributed by atoms with van der Waals surface area (Å²) in [6, 6.07) is 7.96. The van der Waals surface area contributed by atoms with Crippen LogP contribution in [0.1, 0.15) is 11.7 Å². The summed E-state index contributed by atoms with van der Waals surface area (Å²) in [6.07, 6.45) is -1.77. The first kappa shape index (κ1) is 14.8. The number of aliphatic hydroxyl groups is 1. The fourth-order valence-electron chi connectivity index (χ4n) is 1.84. The van der Waals surface area contributed by atoms with Crippen molar-refractivity contribution in [3.63, 3.8) is 0 Å². The molecule has 0 aromatic heterocycles. The van der Waals surface area contributed by atoms with Gasteiger partial charge in [-0.15, -0.1) is 0 Å². The highest BCUT2D eigenvalue weighted by atomic mass is 35.5. The van der Waals surface area contributed by atoms with E-state index in [-0.39, 0.29) is 16.1 Å². The average molecular weight is 315 g/mol. The van der Waals surface area contributed by atoms with Gasteiger partial charge in [0.05, 0.1) is 0 Å². The van der Waals surface area contributed by atoms with E-state index in [4.69, 9.17) is 28.3 Å². The number of aliphatic hydroxyl groups excluding tert-OH is 1. The van der Waals surface area contributed by atoms with Crippen molar-refractivity contribution < 1.29 is 19.4 Å². The van der Waals surface area contributed by atoms with E-state index in [2.05, 4.69) is 0 Å². The summed E-state index contributed by atoms with van der Waals surface area (Å²) in [7, 11) is 0. The fraction of sp³-hybridized carbons (Fsp3) is 0.0714. The molecule has 0 aliphatic rings. The van der Waals surface area contributed by atoms with Crippen LogP contribution in [-0.4, -0.2) is 16.2 Å². The predicted molar refractivity (Wildman–Crippen MR) is 74.5 cm³/mol. The van der Waals surface area contributed by atoms with Crippen molar-refractivity contribution in [2.75, 3.05) is 0 Å². The van der Waals surface area contributed by atoms with Gasteiger partial charge in [0.1, 0.15) is 5.82 Å². The van der Waals surface area contributed by atoms with Gasteiger partial charge in [-0.3, -0.25) is 0 Å². The van der Waals surface area contributed by atoms with Gasteiger partial charge in [-0.05, 0) is 35.4 Å². The molecule has 0 aliphatic heterocycles. The molecule has 0 fully saturated rings. The highest BCUT2D eigenvalue weighted by molar-refractivity contribution is 6.36. The number of aliphatic carboxylic acids is 1. The molecule has 1 unspecified atom stereocenters. The maximum absolute atomic E-state index is 13.4. The molecule has 6 heteroatoms. The third kappa shape index (κ3) is 2.93. The zero-order valence-corrected chi connectivity index (χ0v) is 11.5. The van der Waals surface area contributed by atoms with E-state index in [1.807, 2.05) is 0 Å². The fourth-order valence-corrected chi connectivity index (χ4v) is 2.35. The van der Waals surface area contributed by atoms with Crippen LogP contribution in [0.15, 0.2) is 36.4 Å². The minimum Gasteiger partial charge on any atom is -0.479 e. The molecule has 2 rings (SSSR count). The zero-order valence-electron chi connectivity index (χ0n) is 9.98. The van der Waals surface area contributed by atoms with Gasteiger partial charge in [-0.25, -0.2) is 9.18 Å². The maximum Gasteiger partial charge on any atom is 0.337 e. The summed E-state index contributed by atoms with van der Waals surface area (Å²) in [4.78, 5) is 10.9. The predicted octanol–water partition coefficient (Wildman–Crippen LogP) is 3.92. The number of hydrogen-bond acceptors (Lipinski definition) is 2. The van der Waals surface area contributed by atoms with Crippen molar-refractivity contribution in [2.45, 2.75) is 6.10 Å². The summed E-state index contributed by atoms with van der Waals surface area (Å²) >= 11 is 11.8. The van der Waals surface area contributed by atoms with Crippen LogP contribution in [0.4, 0.5) is 4.39 Å². The third-order valence-electron chi connectivity index (χ3n) is 2.77. The Bertz CT molecular complexity index is 673. The minimum absolute atomic E-state index is 0.0584. The molecule has 0 aliphatic carbocycles. The van der Waals surface area contributed by atoms with E-state index >= 15 is 0 Å². The lowest BCUT2D eigenvalue weighted by atomic mass is 9.96. The molecule has 0 heterocycles. The first-order chi connectivity index (χ1) is 9.40. The molecular weight excluding hydrogens is 306 g/mol. The van der Waals surface area contributed by atoms with Gasteiger partial charge in [0.15, 0.2) is 6.10 Å². The summed E-state index contributed by atoms with van der Waals surface area (Å²) in [5.74, 6) is -1.99. The highest BCUT2D eigenvalue weighted by Gasteiger charge is 2.21. The largest absolute Gasteiger partial charge is 0.479 e. The number of carbonyl (C=O) groups is 1. The molecule has 1 atom stereocenters. The van der Waals surface area contributed by atoms with E-state index in [0.717, 1.165) is 12.1 Å². The van der Waals surface area contributed by atoms with Crippen LogP contribution in [0.5, 0.6) is 0 Å². The zero-order chi connectivity index (χ0) is 14.9. The molecule has 0 amide bonds. The average Bonchev–Trinajstić information content (AvgIpc) is 2.37. The molecule has 0 saturated carbocycles. The highest BCUT2D eigenvalue weighted by Crippen LogP contribution is 2.35. The quantitative estimate of drug-likeness (QED) is 0.902. The molecule has 2 N–H and O–H groups in total. The molecule has 2 aromatic carbocycles. The third-order valence-corrected chi connectivity index (χ3v) is 3.31. The lowest BCUT2D eigenvalue weighted by Gasteiger charge is -2.14. The smallest absolute Gasteiger partial charge is 0.337 e. The number of carboxylic acids is 1. The van der Waals surface area contributed by atoms with Gasteiger partial charge in [0.25, 0.3) is 0 Å². The monoisotopic (exact) mass is 314 g/mol. The Labute approximate surface area is 124 Å². The van der Waals surface area contributed by atoms with Crippen LogP contribution in [0.25, 0.3) is 11.1 Å². The van der Waals surface area contributed by atoms with Crippen LogP contribution in [-0.2, 0) is 4.79 Å². The van der Waals surface area contributed by atoms with E-state index in [0.29, 0.717) is 10.6 Å². The van der Waals surface area contributed by atoms with Crippen molar-refractivity contribution in [3.05, 3.63) is 57.8 Å². The number of benzene rings is 2. The number of carboxylic acid groups (broad SMARTS) is 1. The second kappa shape index (κ2) is 5.79. The second-order valence-electron chi connectivity index (χ2n) is 4.10. The topological polar surface area (TPSA) is 57.5 Å². The van der Waals surface area contributed by atoms with Gasteiger partial charge in [0, 0.05) is 15.6 Å². The molecule has 3 nitrogen and oxygen atoms in total. The number of hydrogen-bond donors (Lipinski definition) is 2. The van der Waals surface area contributed by atoms with Crippen molar-refractivity contribution in [1.82, 2.24) is 0 Å². The van der Waals surface area contributed by atoms with E-state index < -0.39 is 17.9 Å². The summed E-state index contributed by atoms with van der Waals surface area (Å²) in [5.41, 5.74) is 0.663. The summed E-state index contributed by atoms with van der Waals surface area (Å²) in [6.45, 7) is 0. The lowest BCUT2D eigenvalue weighted by Crippen LogP contribution is -2.11. The van der Waals surface area contributed by atoms with Crippen molar-refractivity contribution in [3.8, 4) is 11.1 Å². The standard InChI is InChI=1S/C14H9Cl2FO3/c15-7-1-3-9(12(16)5-7)11-6-8(17)2-4-10(11)13(18)14(19)20/h1-6,13,18H,(H,19,20). The Morgan fingerprint density at radius 1 is 1.10 bits per heavy atom. The molecule has 0 saturated heterocycles. The van der Waals surface area contributed by atoms with E-state index in [1.54, 1.807) is 6.07 Å². The minimum atomic E-state index is -1.77. The van der Waals surface area contributed by atoms with Crippen LogP contribution in [0.2, 0.25) is 10.0 Å². The van der Waals surface area contributed by atoms with Crippen molar-refractivity contribution >= 4 is 29.2 Å². The van der Waals surface area contributed by atoms with Crippen molar-refractivity contribution in [1.29, 1.82) is 0 Å². The Morgan fingerprint density at radius 3 is 2.40 bits per heavy atom. The van der Waals surface area contributed by atoms with Crippen LogP contribution in [0.3, 0.4) is 0 Å². The SMILES string of the molecule is O=C(O)C(O)c1ccc(F)cc1-c1ccc(Cl)cc1Cl. The van der Waals surface area contributed by atoms with Crippen LogP contribution >= 0.6 is 23.2 Å². The van der Waals surface area contributed by atoms with Crippen LogP contribution in [0, 0.1) is 5.82 Å². The summed E-state index contributed by atoms with van der Waals surface area (Å²) in [5, 5.41) is 19.2. The van der Waals surface area contributed by atoms with Gasteiger partial charge in [-0.1, -0.05) is 35.3 Å². The van der Waals surface area contributed by atoms with E-state index in [1.165, 1.54) is 18.2 Å². The van der Waals surface area contributed by atoms with E-state index in [9.17, 15) is 14.3 Å². The molecule has 0 spiro atoms. The molecule has 0 bridgehead atoms. The Balaban J connectivity index is 2.65. The second-order valence-corrected chi connectivity index (χ2v) is 4.94. The Morgan fingerprint density at radius 2 is 1.80 bits per heavy atom. The number of halogens is 3. The lowest BCUT2D eigenvalue weighted by molar-refractivity contribution is -0.146. The number of rotatable bonds is 3. The Hall–Kier alpha value is -1.62. The normalized spacial score (nSPS) is 12.2. The Kier molecular flexibility index (Phi) is 4.28. The first-order valence-electron chi connectivity index (χ1n) is 5.56. The van der Waals surface area contributed by atoms with Crippen LogP contribution < -0.4 is 0 Å². The summed E-state index contributed by atoms with van der Waals surface area (Å²) < 4.78 is 13.4. The maximum atomic E-state index is 13.4. The molecule has 104 valence electrons. The molecule has 20 heavy (non-hydrogen) atoms. The molecule has 2 aromatic rings. The van der Waals surface area contributed by atoms with Gasteiger partial charge < -0.3 is 10.2 Å². The van der Waals surface area contributed by atoms with Gasteiger partial charge in [0.2, 0.25) is 0 Å².